The maximum absolute atomic E-state index is 12.9. The minimum atomic E-state index is -0.410. The van der Waals surface area contributed by atoms with Crippen molar-refractivity contribution >= 4 is 56.3 Å². The van der Waals surface area contributed by atoms with Gasteiger partial charge in [0.25, 0.3) is 5.91 Å². The quantitative estimate of drug-likeness (QED) is 0.565. The largest absolute Gasteiger partial charge is 0.455 e. The predicted molar refractivity (Wildman–Crippen MR) is 106 cm³/mol. The first-order chi connectivity index (χ1) is 12.9. The topological polar surface area (TPSA) is 81.2 Å². The molecule has 1 aromatic heterocycles. The van der Waals surface area contributed by atoms with Gasteiger partial charge in [0.15, 0.2) is 6.61 Å². The van der Waals surface area contributed by atoms with Gasteiger partial charge in [-0.3, -0.25) is 9.59 Å². The van der Waals surface area contributed by atoms with Crippen LogP contribution >= 0.6 is 27.7 Å². The number of anilines is 1. The number of carbonyl (C=O) groups excluding carboxylic acids is 2. The Bertz CT molecular complexity index is 916. The van der Waals surface area contributed by atoms with E-state index in [0.717, 1.165) is 49.3 Å². The molecule has 4 bridgehead atoms. The lowest BCUT2D eigenvalue weighted by molar-refractivity contribution is -0.170. The molecule has 0 radical (unpaired) electrons. The number of benzene rings is 1. The van der Waals surface area contributed by atoms with Crippen LogP contribution in [0.2, 0.25) is 0 Å². The highest BCUT2D eigenvalue weighted by Crippen LogP contribution is 2.64. The zero-order valence-corrected chi connectivity index (χ0v) is 17.1. The van der Waals surface area contributed by atoms with E-state index in [2.05, 4.69) is 30.0 Å². The van der Waals surface area contributed by atoms with Gasteiger partial charge >= 0.3 is 5.97 Å². The number of amides is 1. The first-order valence-electron chi connectivity index (χ1n) is 9.32. The Hall–Kier alpha value is -1.54. The standard InChI is InChI=1S/C19H20BrN3O3S/c20-19-7-11-4-12(8-19)6-18(5-11,10-19)17(25)26-9-15(24)21-13-2-1-3-14-16(13)23-27-22-14/h1-3,11-12H,4-10H2,(H,21,24)/t11-,12+,18?,19?. The summed E-state index contributed by atoms with van der Waals surface area (Å²) in [6.07, 6.45) is 6.18. The SMILES string of the molecule is O=C(COC(=O)C12C[C@@H]3C[C@@H](CC(Br)(C3)C1)C2)Nc1cccc2nsnc12. The zero-order valence-electron chi connectivity index (χ0n) is 14.7. The third kappa shape index (κ3) is 3.06. The van der Waals surface area contributed by atoms with Crippen molar-refractivity contribution in [1.29, 1.82) is 0 Å². The number of halogens is 1. The fourth-order valence-corrected chi connectivity index (χ4v) is 7.77. The van der Waals surface area contributed by atoms with Crippen molar-refractivity contribution in [2.45, 2.75) is 42.8 Å². The van der Waals surface area contributed by atoms with Crippen LogP contribution in [0.4, 0.5) is 5.69 Å². The summed E-state index contributed by atoms with van der Waals surface area (Å²) in [4.78, 5) is 25.3. The van der Waals surface area contributed by atoms with Crippen LogP contribution in [0.15, 0.2) is 18.2 Å². The maximum Gasteiger partial charge on any atom is 0.312 e. The molecule has 0 aliphatic heterocycles. The smallest absolute Gasteiger partial charge is 0.312 e. The van der Waals surface area contributed by atoms with E-state index in [1.807, 2.05) is 12.1 Å². The predicted octanol–water partition coefficient (Wildman–Crippen LogP) is 3.91. The number of ether oxygens (including phenoxy) is 1. The van der Waals surface area contributed by atoms with Crippen molar-refractivity contribution in [3.8, 4) is 0 Å². The minimum absolute atomic E-state index is 0.0889. The fourth-order valence-electron chi connectivity index (χ4n) is 5.77. The van der Waals surface area contributed by atoms with Crippen LogP contribution in [0.1, 0.15) is 38.5 Å². The van der Waals surface area contributed by atoms with Crippen LogP contribution in [0.25, 0.3) is 11.0 Å². The Morgan fingerprint density at radius 2 is 2.00 bits per heavy atom. The number of nitrogens with one attached hydrogen (secondary N) is 1. The number of hydrogen-bond donors (Lipinski definition) is 1. The van der Waals surface area contributed by atoms with E-state index in [4.69, 9.17) is 4.74 Å². The Morgan fingerprint density at radius 1 is 1.22 bits per heavy atom. The summed E-state index contributed by atoms with van der Waals surface area (Å²) in [6.45, 7) is -0.265. The number of rotatable bonds is 4. The monoisotopic (exact) mass is 449 g/mol. The van der Waals surface area contributed by atoms with Crippen LogP contribution in [-0.2, 0) is 14.3 Å². The molecular weight excluding hydrogens is 430 g/mol. The Labute approximate surface area is 169 Å². The molecule has 2 aromatic rings. The Kier molecular flexibility index (Phi) is 4.05. The highest BCUT2D eigenvalue weighted by molar-refractivity contribution is 9.10. The van der Waals surface area contributed by atoms with Gasteiger partial charge in [0.2, 0.25) is 0 Å². The number of hydrogen-bond acceptors (Lipinski definition) is 6. The average molecular weight is 450 g/mol. The first-order valence-corrected chi connectivity index (χ1v) is 10.8. The van der Waals surface area contributed by atoms with E-state index in [1.165, 1.54) is 6.42 Å². The molecule has 0 saturated heterocycles. The van der Waals surface area contributed by atoms with Crippen LogP contribution in [0.3, 0.4) is 0 Å². The normalized spacial score (nSPS) is 34.0. The second-order valence-corrected chi connectivity index (χ2v) is 10.7. The van der Waals surface area contributed by atoms with Gasteiger partial charge in [-0.05, 0) is 62.5 Å². The molecule has 6 nitrogen and oxygen atoms in total. The summed E-state index contributed by atoms with van der Waals surface area (Å²) >= 11 is 5.01. The van der Waals surface area contributed by atoms with E-state index in [1.54, 1.807) is 6.07 Å². The molecule has 4 fully saturated rings. The van der Waals surface area contributed by atoms with Gasteiger partial charge in [-0.15, -0.1) is 0 Å². The molecule has 1 aromatic carbocycles. The molecule has 27 heavy (non-hydrogen) atoms. The number of fused-ring (bicyclic) bond motifs is 1. The minimum Gasteiger partial charge on any atom is -0.455 e. The van der Waals surface area contributed by atoms with Gasteiger partial charge in [-0.25, -0.2) is 0 Å². The molecule has 4 atom stereocenters. The number of aromatic nitrogens is 2. The van der Waals surface area contributed by atoms with Gasteiger partial charge < -0.3 is 10.1 Å². The molecule has 4 aliphatic carbocycles. The second-order valence-electron chi connectivity index (χ2n) is 8.45. The average Bonchev–Trinajstić information content (AvgIpc) is 3.07. The fraction of sp³-hybridized carbons (Fsp3) is 0.579. The first kappa shape index (κ1) is 17.6. The summed E-state index contributed by atoms with van der Waals surface area (Å²) in [5.41, 5.74) is 1.58. The van der Waals surface area contributed by atoms with Crippen LogP contribution in [0, 0.1) is 17.3 Å². The number of nitrogens with zero attached hydrogens (tertiary/aromatic N) is 2. The lowest BCUT2D eigenvalue weighted by Crippen LogP contribution is -2.56. The molecule has 4 aliphatic rings. The summed E-state index contributed by atoms with van der Waals surface area (Å²) in [5, 5.41) is 2.79. The number of esters is 1. The van der Waals surface area contributed by atoms with E-state index in [-0.39, 0.29) is 22.8 Å². The maximum atomic E-state index is 12.9. The lowest BCUT2D eigenvalue weighted by atomic mass is 9.49. The van der Waals surface area contributed by atoms with Crippen molar-refractivity contribution in [3.05, 3.63) is 18.2 Å². The molecule has 4 saturated carbocycles. The molecule has 1 heterocycles. The van der Waals surface area contributed by atoms with E-state index in [9.17, 15) is 9.59 Å². The molecule has 2 unspecified atom stereocenters. The van der Waals surface area contributed by atoms with Gasteiger partial charge in [-0.2, -0.15) is 8.75 Å². The highest BCUT2D eigenvalue weighted by atomic mass is 79.9. The van der Waals surface area contributed by atoms with E-state index >= 15 is 0 Å². The van der Waals surface area contributed by atoms with Crippen molar-refractivity contribution in [3.63, 3.8) is 0 Å². The number of carbonyl (C=O) groups is 2. The van der Waals surface area contributed by atoms with Gasteiger partial charge in [0, 0.05) is 4.32 Å². The second kappa shape index (κ2) is 6.24. The summed E-state index contributed by atoms with van der Waals surface area (Å²) < 4.78 is 14.0. The molecule has 1 N–H and O–H groups in total. The van der Waals surface area contributed by atoms with Crippen molar-refractivity contribution < 1.29 is 14.3 Å². The van der Waals surface area contributed by atoms with Crippen LogP contribution in [0.5, 0.6) is 0 Å². The van der Waals surface area contributed by atoms with Crippen molar-refractivity contribution in [2.75, 3.05) is 11.9 Å². The van der Waals surface area contributed by atoms with Gasteiger partial charge in [0.05, 0.1) is 22.8 Å². The molecule has 0 spiro atoms. The molecule has 6 rings (SSSR count). The van der Waals surface area contributed by atoms with Crippen molar-refractivity contribution in [2.24, 2.45) is 17.3 Å². The Balaban J connectivity index is 1.24. The van der Waals surface area contributed by atoms with E-state index in [0.29, 0.717) is 23.0 Å². The molecule has 1 amide bonds. The summed E-state index contributed by atoms with van der Waals surface area (Å²) in [6, 6.07) is 5.44. The van der Waals surface area contributed by atoms with E-state index < -0.39 is 5.41 Å². The third-order valence-electron chi connectivity index (χ3n) is 6.32. The number of alkyl halides is 1. The lowest BCUT2D eigenvalue weighted by Gasteiger charge is -2.58. The van der Waals surface area contributed by atoms with Crippen LogP contribution < -0.4 is 5.32 Å². The molecule has 8 heteroatoms. The van der Waals surface area contributed by atoms with Gasteiger partial charge in [0.1, 0.15) is 11.0 Å². The summed E-state index contributed by atoms with van der Waals surface area (Å²) in [7, 11) is 0. The summed E-state index contributed by atoms with van der Waals surface area (Å²) in [5.74, 6) is 0.648. The Morgan fingerprint density at radius 3 is 2.74 bits per heavy atom. The van der Waals surface area contributed by atoms with Gasteiger partial charge in [-0.1, -0.05) is 22.0 Å². The molecule has 142 valence electrons. The van der Waals surface area contributed by atoms with Crippen molar-refractivity contribution in [1.82, 2.24) is 8.75 Å². The molecular formula is C19H20BrN3O3S. The zero-order chi connectivity index (χ0) is 18.6. The van der Waals surface area contributed by atoms with Crippen LogP contribution in [-0.4, -0.2) is 31.6 Å². The third-order valence-corrected chi connectivity index (χ3v) is 7.79. The highest BCUT2D eigenvalue weighted by Gasteiger charge is 2.60.